The van der Waals surface area contributed by atoms with E-state index >= 15 is 0 Å². The fraction of sp³-hybridized carbons (Fsp3) is 0.889. The predicted octanol–water partition coefficient (Wildman–Crippen LogP) is 3.37. The second kappa shape index (κ2) is 8.92. The second-order valence-electron chi connectivity index (χ2n) is 12.4. The maximum atomic E-state index is 11.6. The summed E-state index contributed by atoms with van der Waals surface area (Å²) in [5, 5.41) is 53.5. The van der Waals surface area contributed by atoms with Crippen molar-refractivity contribution in [2.75, 3.05) is 0 Å². The van der Waals surface area contributed by atoms with Gasteiger partial charge in [-0.3, -0.25) is 0 Å². The van der Waals surface area contributed by atoms with Gasteiger partial charge in [-0.2, -0.15) is 0 Å². The highest BCUT2D eigenvalue weighted by Crippen LogP contribution is 2.68. The van der Waals surface area contributed by atoms with Crippen LogP contribution < -0.4 is 0 Å². The van der Waals surface area contributed by atoms with Crippen LogP contribution in [-0.2, 0) is 4.79 Å². The van der Waals surface area contributed by atoms with Gasteiger partial charge in [0.15, 0.2) is 0 Å². The summed E-state index contributed by atoms with van der Waals surface area (Å²) in [4.78, 5) is 11.1. The number of rotatable bonds is 5. The van der Waals surface area contributed by atoms with Gasteiger partial charge in [-0.1, -0.05) is 26.8 Å². The molecular formula is C27H44O6. The molecule has 0 heterocycles. The molecular weight excluding hydrogens is 420 g/mol. The van der Waals surface area contributed by atoms with Crippen LogP contribution >= 0.6 is 0 Å². The molecule has 6 nitrogen and oxygen atoms in total. The van der Waals surface area contributed by atoms with Crippen molar-refractivity contribution in [3.8, 4) is 0 Å². The maximum Gasteiger partial charge on any atom is 0.330 e. The Labute approximate surface area is 198 Å². The highest BCUT2D eigenvalue weighted by molar-refractivity contribution is 5.85. The highest BCUT2D eigenvalue weighted by atomic mass is 16.4. The number of allylic oxidation sites excluding steroid dienone is 1. The molecule has 6 heteroatoms. The van der Waals surface area contributed by atoms with Gasteiger partial charge < -0.3 is 25.5 Å². The van der Waals surface area contributed by atoms with Crippen LogP contribution in [0.25, 0.3) is 0 Å². The molecule has 0 saturated heterocycles. The van der Waals surface area contributed by atoms with Crippen LogP contribution in [0.1, 0.15) is 79.1 Å². The smallest absolute Gasteiger partial charge is 0.330 e. The summed E-state index contributed by atoms with van der Waals surface area (Å²) in [5.41, 5.74) is -0.115. The number of fused-ring (bicyclic) bond motifs is 5. The van der Waals surface area contributed by atoms with Crippen LogP contribution in [-0.4, -0.2) is 55.9 Å². The summed E-state index contributed by atoms with van der Waals surface area (Å²) in [6, 6.07) is 0. The Bertz CT molecular complexity index is 781. The zero-order chi connectivity index (χ0) is 24.3. The van der Waals surface area contributed by atoms with Gasteiger partial charge in [0.2, 0.25) is 0 Å². The Morgan fingerprint density at radius 1 is 1.00 bits per heavy atom. The molecule has 188 valence electrons. The van der Waals surface area contributed by atoms with Crippen LogP contribution in [0.2, 0.25) is 0 Å². The van der Waals surface area contributed by atoms with Gasteiger partial charge in [-0.05, 0) is 105 Å². The fourth-order valence-corrected chi connectivity index (χ4v) is 9.02. The summed E-state index contributed by atoms with van der Waals surface area (Å²) < 4.78 is 0. The average Bonchev–Trinajstić information content (AvgIpc) is 3.12. The first-order valence-corrected chi connectivity index (χ1v) is 13.0. The molecule has 0 aliphatic heterocycles. The number of aliphatic hydroxyl groups is 4. The van der Waals surface area contributed by atoms with Gasteiger partial charge in [0.25, 0.3) is 0 Å². The van der Waals surface area contributed by atoms with Crippen molar-refractivity contribution >= 4 is 5.97 Å². The van der Waals surface area contributed by atoms with E-state index < -0.39 is 30.4 Å². The number of aliphatic carboxylic acids is 1. The quantitative estimate of drug-likeness (QED) is 0.398. The van der Waals surface area contributed by atoms with Crippen LogP contribution in [0.3, 0.4) is 0 Å². The molecule has 0 bridgehead atoms. The van der Waals surface area contributed by atoms with Crippen molar-refractivity contribution in [2.45, 2.75) is 103 Å². The number of carboxylic acids is 1. The van der Waals surface area contributed by atoms with Crippen LogP contribution in [0.15, 0.2) is 11.6 Å². The summed E-state index contributed by atoms with van der Waals surface area (Å²) in [6.07, 6.45) is 5.52. The lowest BCUT2D eigenvalue weighted by Gasteiger charge is -2.64. The number of hydrogen-bond acceptors (Lipinski definition) is 5. The van der Waals surface area contributed by atoms with E-state index in [4.69, 9.17) is 5.11 Å². The van der Waals surface area contributed by atoms with Gasteiger partial charge in [-0.15, -0.1) is 0 Å². The van der Waals surface area contributed by atoms with E-state index in [0.29, 0.717) is 36.7 Å². The molecule has 0 aromatic carbocycles. The third-order valence-electron chi connectivity index (χ3n) is 11.0. The molecule has 0 unspecified atom stereocenters. The molecule has 4 saturated carbocycles. The van der Waals surface area contributed by atoms with Gasteiger partial charge in [0.1, 0.15) is 0 Å². The van der Waals surface area contributed by atoms with Crippen molar-refractivity contribution in [1.29, 1.82) is 0 Å². The Morgan fingerprint density at radius 2 is 1.70 bits per heavy atom. The molecule has 0 radical (unpaired) electrons. The first-order valence-electron chi connectivity index (χ1n) is 13.0. The van der Waals surface area contributed by atoms with Crippen molar-refractivity contribution in [3.63, 3.8) is 0 Å². The number of carboxylic acid groups (broad SMARTS) is 1. The van der Waals surface area contributed by atoms with E-state index in [1.165, 1.54) is 0 Å². The average molecular weight is 465 g/mol. The van der Waals surface area contributed by atoms with E-state index in [-0.39, 0.29) is 34.5 Å². The molecule has 33 heavy (non-hydrogen) atoms. The van der Waals surface area contributed by atoms with E-state index in [2.05, 4.69) is 20.8 Å². The Kier molecular flexibility index (Phi) is 6.80. The summed E-state index contributed by atoms with van der Waals surface area (Å²) in [5.74, 6) is -0.0919. The number of hydrogen-bond donors (Lipinski definition) is 5. The Balaban J connectivity index is 1.57. The number of carbonyl (C=O) groups is 1. The van der Waals surface area contributed by atoms with Crippen molar-refractivity contribution in [1.82, 2.24) is 0 Å². The minimum Gasteiger partial charge on any atom is -0.478 e. The van der Waals surface area contributed by atoms with Crippen LogP contribution in [0, 0.1) is 46.3 Å². The molecule has 5 N–H and O–H groups in total. The molecule has 0 spiro atoms. The minimum atomic E-state index is -0.879. The Morgan fingerprint density at radius 3 is 2.36 bits per heavy atom. The lowest BCUT2D eigenvalue weighted by atomic mass is 9.42. The lowest BCUT2D eigenvalue weighted by Crippen LogP contribution is -2.66. The van der Waals surface area contributed by atoms with Crippen molar-refractivity contribution < 1.29 is 30.3 Å². The molecule has 4 aliphatic carbocycles. The molecule has 4 rings (SSSR count). The zero-order valence-electron chi connectivity index (χ0n) is 20.7. The van der Waals surface area contributed by atoms with E-state index in [1.54, 1.807) is 13.0 Å². The largest absolute Gasteiger partial charge is 0.478 e. The van der Waals surface area contributed by atoms with Crippen molar-refractivity contribution in [3.05, 3.63) is 11.6 Å². The summed E-state index contributed by atoms with van der Waals surface area (Å²) in [6.45, 7) is 8.26. The first-order chi connectivity index (χ1) is 15.4. The molecule has 4 aliphatic rings. The lowest BCUT2D eigenvalue weighted by molar-refractivity contribution is -0.243. The van der Waals surface area contributed by atoms with Gasteiger partial charge in [-0.25, -0.2) is 4.79 Å². The molecule has 0 aromatic heterocycles. The van der Waals surface area contributed by atoms with Crippen LogP contribution in [0.5, 0.6) is 0 Å². The predicted molar refractivity (Wildman–Crippen MR) is 125 cm³/mol. The first kappa shape index (κ1) is 25.2. The molecule has 4 fully saturated rings. The maximum absolute atomic E-state index is 11.6. The minimum absolute atomic E-state index is 0.0313. The molecule has 0 aromatic rings. The summed E-state index contributed by atoms with van der Waals surface area (Å²) >= 11 is 0. The van der Waals surface area contributed by atoms with E-state index in [1.807, 2.05) is 0 Å². The standard InChI is InChI=1S/C27H44O6/c1-14(6-5-7-15(2)25(32)33)17-8-9-18-22-19(13-21(29)27(17,18)4)26(3)11-10-16(28)12-20(26)23(30)24(22)31/h7,14,16-24,28-31H,5-6,8-13H2,1-4H3,(H,32,33)/b15-7+/t14-,16-,17-,18+,19+,20+,21+,22+,23-,24+,26-,27-/m1/s1. The van der Waals surface area contributed by atoms with E-state index in [0.717, 1.165) is 32.1 Å². The molecule has 0 amide bonds. The van der Waals surface area contributed by atoms with Crippen LogP contribution in [0.4, 0.5) is 0 Å². The van der Waals surface area contributed by atoms with Gasteiger partial charge >= 0.3 is 5.97 Å². The third-order valence-corrected chi connectivity index (χ3v) is 11.0. The normalized spacial score (nSPS) is 50.8. The summed E-state index contributed by atoms with van der Waals surface area (Å²) in [7, 11) is 0. The topological polar surface area (TPSA) is 118 Å². The fourth-order valence-electron chi connectivity index (χ4n) is 9.02. The number of aliphatic hydroxyl groups excluding tert-OH is 4. The van der Waals surface area contributed by atoms with Crippen molar-refractivity contribution in [2.24, 2.45) is 46.3 Å². The highest BCUT2D eigenvalue weighted by Gasteiger charge is 2.67. The Hall–Kier alpha value is -0.950. The second-order valence-corrected chi connectivity index (χ2v) is 12.4. The van der Waals surface area contributed by atoms with Gasteiger partial charge in [0.05, 0.1) is 24.4 Å². The SMILES string of the molecule is C/C(=C\CC[C@@H](C)[C@H]1CC[C@H]2[C@@H]3[C@H](O)[C@H](O)[C@@H]4C[C@H](O)CC[C@]4(C)[C@H]3C[C@H](O)[C@]12C)C(=O)O. The molecule has 12 atom stereocenters. The van der Waals surface area contributed by atoms with E-state index in [9.17, 15) is 25.2 Å². The zero-order valence-corrected chi connectivity index (χ0v) is 20.7. The van der Waals surface area contributed by atoms with Gasteiger partial charge in [0, 0.05) is 5.57 Å². The monoisotopic (exact) mass is 464 g/mol. The third kappa shape index (κ3) is 3.89.